The first-order valence-corrected chi connectivity index (χ1v) is 24.2. The molecular weight excluding hydrogens is 683 g/mol. The number of unbranched alkanes of at least 4 members (excludes halogenated alkanes) is 31. The zero-order valence-corrected chi connectivity index (χ0v) is 38.1. The molecule has 0 aromatic heterocycles. The van der Waals surface area contributed by atoms with E-state index in [4.69, 9.17) is 18.9 Å². The molecule has 0 saturated heterocycles. The molecular formula is C49H97NO5. The maximum atomic E-state index is 12.6. The lowest BCUT2D eigenvalue weighted by Gasteiger charge is -2.25. The van der Waals surface area contributed by atoms with Gasteiger partial charge in [-0.05, 0) is 39.7 Å². The molecule has 1 N–H and O–H groups in total. The zero-order valence-electron chi connectivity index (χ0n) is 38.1. The van der Waals surface area contributed by atoms with E-state index in [1.807, 2.05) is 26.8 Å². The maximum absolute atomic E-state index is 12.6. The molecule has 0 aromatic rings. The lowest BCUT2D eigenvalue weighted by atomic mass is 10.0. The first-order chi connectivity index (χ1) is 26.8. The SMILES string of the molecule is CCCCCCCCCCCCCCCCCCCC(COC(=O)NCC(C)(C)OC/C=C(\C)OC)OCCCCCCCCCCCCCCCCCC. The molecule has 1 atom stereocenters. The molecule has 0 aliphatic heterocycles. The van der Waals surface area contributed by atoms with Gasteiger partial charge in [-0.15, -0.1) is 0 Å². The molecule has 1 amide bonds. The van der Waals surface area contributed by atoms with Crippen molar-refractivity contribution in [2.24, 2.45) is 0 Å². The van der Waals surface area contributed by atoms with Gasteiger partial charge in [0.2, 0.25) is 0 Å². The third-order valence-corrected chi connectivity index (χ3v) is 11.2. The molecule has 0 aliphatic carbocycles. The average Bonchev–Trinajstić information content (AvgIpc) is 3.18. The Morgan fingerprint density at radius 3 is 1.31 bits per heavy atom. The number of amides is 1. The van der Waals surface area contributed by atoms with Crippen LogP contribution in [0.1, 0.15) is 253 Å². The summed E-state index contributed by atoms with van der Waals surface area (Å²) in [6.07, 6.45) is 47.6. The number of carbonyl (C=O) groups is 1. The van der Waals surface area contributed by atoms with Crippen molar-refractivity contribution in [1.29, 1.82) is 0 Å². The summed E-state index contributed by atoms with van der Waals surface area (Å²) < 4.78 is 23.1. The summed E-state index contributed by atoms with van der Waals surface area (Å²) in [5, 5.41) is 2.89. The quantitative estimate of drug-likeness (QED) is 0.0493. The maximum Gasteiger partial charge on any atom is 0.407 e. The Labute approximate surface area is 344 Å². The average molecular weight is 780 g/mol. The van der Waals surface area contributed by atoms with Crippen LogP contribution in [-0.4, -0.2) is 51.3 Å². The van der Waals surface area contributed by atoms with Crippen LogP contribution in [0.25, 0.3) is 0 Å². The van der Waals surface area contributed by atoms with Crippen LogP contribution in [0.15, 0.2) is 11.8 Å². The summed E-state index contributed by atoms with van der Waals surface area (Å²) in [4.78, 5) is 12.6. The first kappa shape index (κ1) is 53.7. The molecule has 0 spiro atoms. The first-order valence-electron chi connectivity index (χ1n) is 24.2. The minimum Gasteiger partial charge on any atom is -0.502 e. The van der Waals surface area contributed by atoms with Crippen LogP contribution in [-0.2, 0) is 18.9 Å². The highest BCUT2D eigenvalue weighted by Crippen LogP contribution is 2.17. The van der Waals surface area contributed by atoms with Gasteiger partial charge in [0.25, 0.3) is 0 Å². The van der Waals surface area contributed by atoms with Gasteiger partial charge in [0.05, 0.1) is 31.2 Å². The van der Waals surface area contributed by atoms with E-state index in [2.05, 4.69) is 19.2 Å². The second kappa shape index (κ2) is 42.3. The second-order valence-corrected chi connectivity index (χ2v) is 17.3. The van der Waals surface area contributed by atoms with Gasteiger partial charge in [-0.3, -0.25) is 0 Å². The molecule has 55 heavy (non-hydrogen) atoms. The Balaban J connectivity index is 4.21. The number of rotatable bonds is 44. The predicted molar refractivity (Wildman–Crippen MR) is 238 cm³/mol. The summed E-state index contributed by atoms with van der Waals surface area (Å²) in [6, 6.07) is 0. The second-order valence-electron chi connectivity index (χ2n) is 17.3. The van der Waals surface area contributed by atoms with Crippen LogP contribution >= 0.6 is 0 Å². The van der Waals surface area contributed by atoms with Crippen molar-refractivity contribution >= 4 is 6.09 Å². The predicted octanol–water partition coefficient (Wildman–Crippen LogP) is 15.7. The third-order valence-electron chi connectivity index (χ3n) is 11.2. The number of alkyl carbamates (subject to hydrolysis) is 1. The third kappa shape index (κ3) is 42.2. The summed E-state index contributed by atoms with van der Waals surface area (Å²) in [5.74, 6) is 0.813. The molecule has 0 heterocycles. The molecule has 328 valence electrons. The Morgan fingerprint density at radius 1 is 0.564 bits per heavy atom. The van der Waals surface area contributed by atoms with Crippen molar-refractivity contribution in [2.75, 3.05) is 33.5 Å². The number of allylic oxidation sites excluding steroid dienone is 1. The minimum absolute atomic E-state index is 0.0372. The van der Waals surface area contributed by atoms with Gasteiger partial charge < -0.3 is 24.3 Å². The van der Waals surface area contributed by atoms with Crippen molar-refractivity contribution in [1.82, 2.24) is 5.32 Å². The lowest BCUT2D eigenvalue weighted by molar-refractivity contribution is -0.0117. The van der Waals surface area contributed by atoms with Gasteiger partial charge >= 0.3 is 6.09 Å². The van der Waals surface area contributed by atoms with Crippen LogP contribution in [0.3, 0.4) is 0 Å². The minimum atomic E-state index is -0.514. The van der Waals surface area contributed by atoms with Crippen LogP contribution < -0.4 is 5.32 Å². The highest BCUT2D eigenvalue weighted by molar-refractivity contribution is 5.67. The van der Waals surface area contributed by atoms with Gasteiger partial charge in [-0.25, -0.2) is 4.79 Å². The topological polar surface area (TPSA) is 66.0 Å². The number of ether oxygens (including phenoxy) is 4. The van der Waals surface area contributed by atoms with Crippen molar-refractivity contribution in [3.05, 3.63) is 11.8 Å². The fourth-order valence-corrected chi connectivity index (χ4v) is 7.24. The molecule has 0 aromatic carbocycles. The van der Waals surface area contributed by atoms with E-state index >= 15 is 0 Å². The normalized spacial score (nSPS) is 12.7. The molecule has 1 unspecified atom stereocenters. The van der Waals surface area contributed by atoms with Gasteiger partial charge in [-0.1, -0.05) is 219 Å². The Kier molecular flexibility index (Phi) is 41.4. The molecule has 6 nitrogen and oxygen atoms in total. The van der Waals surface area contributed by atoms with Crippen molar-refractivity contribution in [3.8, 4) is 0 Å². The van der Waals surface area contributed by atoms with E-state index in [0.717, 1.165) is 31.6 Å². The number of carbonyl (C=O) groups excluding carboxylic acids is 1. The Morgan fingerprint density at radius 2 is 0.927 bits per heavy atom. The van der Waals surface area contributed by atoms with E-state index in [9.17, 15) is 4.79 Å². The number of hydrogen-bond donors (Lipinski definition) is 1. The summed E-state index contributed by atoms with van der Waals surface area (Å²) in [7, 11) is 1.65. The van der Waals surface area contributed by atoms with Crippen LogP contribution in [0.2, 0.25) is 0 Å². The van der Waals surface area contributed by atoms with Crippen molar-refractivity contribution in [3.63, 3.8) is 0 Å². The van der Waals surface area contributed by atoms with E-state index < -0.39 is 11.7 Å². The molecule has 6 heteroatoms. The molecule has 0 bridgehead atoms. The largest absolute Gasteiger partial charge is 0.502 e. The Bertz CT molecular complexity index is 777. The Hall–Kier alpha value is -1.27. The van der Waals surface area contributed by atoms with Gasteiger partial charge in [0, 0.05) is 13.2 Å². The fraction of sp³-hybridized carbons (Fsp3) is 0.939. The molecule has 0 fully saturated rings. The highest BCUT2D eigenvalue weighted by atomic mass is 16.6. The van der Waals surface area contributed by atoms with Gasteiger partial charge in [0.1, 0.15) is 6.61 Å². The zero-order chi connectivity index (χ0) is 40.3. The number of nitrogens with one attached hydrogen (secondary N) is 1. The molecule has 0 saturated carbocycles. The standard InChI is InChI=1S/C49H97NO5/c1-7-9-11-13-15-17-19-21-23-25-26-28-30-32-34-36-38-40-47(44-54-48(51)50-45-49(4,5)55-43-41-46(3)52-6)53-42-39-37-35-33-31-29-27-24-22-20-18-16-14-12-10-8-2/h41,47H,7-40,42-45H2,1-6H3,(H,50,51)/b46-41+. The number of hydrogen-bond acceptors (Lipinski definition) is 5. The lowest BCUT2D eigenvalue weighted by Crippen LogP contribution is -2.41. The van der Waals surface area contributed by atoms with Crippen LogP contribution in [0.4, 0.5) is 4.79 Å². The summed E-state index contributed by atoms with van der Waals surface area (Å²) >= 11 is 0. The summed E-state index contributed by atoms with van der Waals surface area (Å²) in [6.45, 7) is 12.3. The van der Waals surface area contributed by atoms with Gasteiger partial charge in [0.15, 0.2) is 0 Å². The van der Waals surface area contributed by atoms with E-state index in [1.165, 1.54) is 199 Å². The van der Waals surface area contributed by atoms with E-state index in [-0.39, 0.29) is 6.10 Å². The highest BCUT2D eigenvalue weighted by Gasteiger charge is 2.20. The van der Waals surface area contributed by atoms with Crippen LogP contribution in [0.5, 0.6) is 0 Å². The summed E-state index contributed by atoms with van der Waals surface area (Å²) in [5.41, 5.74) is -0.514. The smallest absolute Gasteiger partial charge is 0.407 e. The molecule has 0 rings (SSSR count). The monoisotopic (exact) mass is 780 g/mol. The van der Waals surface area contributed by atoms with Crippen LogP contribution in [0, 0.1) is 0 Å². The van der Waals surface area contributed by atoms with Crippen molar-refractivity contribution < 1.29 is 23.7 Å². The van der Waals surface area contributed by atoms with Crippen molar-refractivity contribution in [2.45, 2.75) is 265 Å². The molecule has 0 radical (unpaired) electrons. The van der Waals surface area contributed by atoms with Gasteiger partial charge in [-0.2, -0.15) is 0 Å². The fourth-order valence-electron chi connectivity index (χ4n) is 7.24. The van der Waals surface area contributed by atoms with E-state index in [1.54, 1.807) is 7.11 Å². The number of methoxy groups -OCH3 is 1. The molecule has 0 aliphatic rings. The van der Waals surface area contributed by atoms with E-state index in [0.29, 0.717) is 19.8 Å².